The second kappa shape index (κ2) is 14.0. The molecule has 0 heterocycles. The van der Waals surface area contributed by atoms with E-state index in [4.69, 9.17) is 0 Å². The summed E-state index contributed by atoms with van der Waals surface area (Å²) in [5.74, 6) is 0. The van der Waals surface area contributed by atoms with Gasteiger partial charge in [-0.25, -0.2) is 0 Å². The topological polar surface area (TPSA) is 20.2 Å². The second-order valence-electron chi connectivity index (χ2n) is 6.64. The number of unbranched alkanes of at least 4 members (excludes halogenated alkanes) is 7. The zero-order chi connectivity index (χ0) is 17.5. The summed E-state index contributed by atoms with van der Waals surface area (Å²) < 4.78 is 0. The highest BCUT2D eigenvalue weighted by Crippen LogP contribution is 2.26. The van der Waals surface area contributed by atoms with Crippen LogP contribution in [0.25, 0.3) is 0 Å². The maximum Gasteiger partial charge on any atom is 0.100 e. The molecule has 1 unspecified atom stereocenters. The molecule has 1 nitrogen and oxygen atoms in total. The maximum atomic E-state index is 10.7. The van der Waals surface area contributed by atoms with Crippen LogP contribution in [0, 0.1) is 0 Å². The van der Waals surface area contributed by atoms with E-state index in [-0.39, 0.29) is 0 Å². The molecule has 0 radical (unpaired) electrons. The lowest BCUT2D eigenvalue weighted by molar-refractivity contribution is 0.210. The largest absolute Gasteiger partial charge is 0.384 e. The highest BCUT2D eigenvalue weighted by molar-refractivity contribution is 5.28. The van der Waals surface area contributed by atoms with Crippen LogP contribution in [0.15, 0.2) is 54.1 Å². The van der Waals surface area contributed by atoms with Crippen molar-refractivity contribution in [3.8, 4) is 0 Å². The van der Waals surface area contributed by atoms with Crippen molar-refractivity contribution in [1.82, 2.24) is 0 Å². The van der Waals surface area contributed by atoms with Crippen molar-refractivity contribution in [2.45, 2.75) is 84.2 Å². The normalized spacial score (nSPS) is 13.5. The lowest BCUT2D eigenvalue weighted by Crippen LogP contribution is -2.01. The average molecular weight is 329 g/mol. The van der Waals surface area contributed by atoms with Crippen molar-refractivity contribution >= 4 is 0 Å². The van der Waals surface area contributed by atoms with Gasteiger partial charge in [0.05, 0.1) is 0 Å². The van der Waals surface area contributed by atoms with E-state index in [0.29, 0.717) is 0 Å². The van der Waals surface area contributed by atoms with Gasteiger partial charge in [0.1, 0.15) is 6.10 Å². The molecule has 1 atom stereocenters. The van der Waals surface area contributed by atoms with Gasteiger partial charge in [-0.05, 0) is 36.8 Å². The van der Waals surface area contributed by atoms with Gasteiger partial charge >= 0.3 is 0 Å². The van der Waals surface area contributed by atoms with Crippen LogP contribution in [0.3, 0.4) is 0 Å². The van der Waals surface area contributed by atoms with E-state index in [0.717, 1.165) is 30.4 Å². The summed E-state index contributed by atoms with van der Waals surface area (Å²) in [5.41, 5.74) is 2.14. The van der Waals surface area contributed by atoms with Gasteiger partial charge in [0.2, 0.25) is 0 Å². The van der Waals surface area contributed by atoms with Gasteiger partial charge in [-0.1, -0.05) is 101 Å². The first kappa shape index (κ1) is 20.7. The van der Waals surface area contributed by atoms with Crippen LogP contribution in [0.2, 0.25) is 0 Å². The minimum Gasteiger partial charge on any atom is -0.384 e. The number of rotatable bonds is 13. The summed E-state index contributed by atoms with van der Waals surface area (Å²) in [5, 5.41) is 10.7. The van der Waals surface area contributed by atoms with Crippen LogP contribution in [0.5, 0.6) is 0 Å². The number of aliphatic hydroxyl groups excluding tert-OH is 1. The van der Waals surface area contributed by atoms with Crippen molar-refractivity contribution < 1.29 is 5.11 Å². The molecule has 0 fully saturated rings. The number of hydrogen-bond acceptors (Lipinski definition) is 1. The molecule has 0 amide bonds. The fourth-order valence-corrected chi connectivity index (χ4v) is 2.89. The summed E-state index contributed by atoms with van der Waals surface area (Å²) in [6, 6.07) is 10.0. The molecule has 0 aliphatic rings. The minimum atomic E-state index is -0.474. The first-order chi connectivity index (χ1) is 11.8. The zero-order valence-electron chi connectivity index (χ0n) is 15.7. The predicted octanol–water partition coefficient (Wildman–Crippen LogP) is 7.14. The van der Waals surface area contributed by atoms with Crippen LogP contribution in [-0.4, -0.2) is 5.11 Å². The van der Waals surface area contributed by atoms with E-state index in [2.05, 4.69) is 32.1 Å². The van der Waals surface area contributed by atoms with Gasteiger partial charge in [0.15, 0.2) is 0 Å². The standard InChI is InChI=1S/C23H36O/c1-3-5-7-9-10-11-14-18-21(17-13-8-6-4-2)23(24)22-19-15-12-16-20-22/h11-12,14-16,18-20,23-24H,3-10,13,17H2,1-2H3/b14-11+,21-18-. The van der Waals surface area contributed by atoms with E-state index in [1.165, 1.54) is 44.9 Å². The molecule has 24 heavy (non-hydrogen) atoms. The molecule has 1 heteroatoms. The SMILES string of the molecule is CCCCCC/C=C/C=C(/CCCCCC)C(O)c1ccccc1. The Morgan fingerprint density at radius 3 is 2.25 bits per heavy atom. The van der Waals surface area contributed by atoms with Crippen molar-refractivity contribution in [3.05, 3.63) is 59.7 Å². The second-order valence-corrected chi connectivity index (χ2v) is 6.64. The van der Waals surface area contributed by atoms with E-state index in [9.17, 15) is 5.11 Å². The van der Waals surface area contributed by atoms with Crippen molar-refractivity contribution in [2.24, 2.45) is 0 Å². The fraction of sp³-hybridized carbons (Fsp3) is 0.565. The lowest BCUT2D eigenvalue weighted by Gasteiger charge is -2.15. The lowest BCUT2D eigenvalue weighted by atomic mass is 9.96. The van der Waals surface area contributed by atoms with Crippen molar-refractivity contribution in [2.75, 3.05) is 0 Å². The molecule has 0 saturated heterocycles. The molecular formula is C23H36O. The summed E-state index contributed by atoms with van der Waals surface area (Å²) >= 11 is 0. The smallest absolute Gasteiger partial charge is 0.100 e. The highest BCUT2D eigenvalue weighted by Gasteiger charge is 2.12. The van der Waals surface area contributed by atoms with E-state index < -0.39 is 6.10 Å². The first-order valence-corrected chi connectivity index (χ1v) is 9.88. The van der Waals surface area contributed by atoms with Gasteiger partial charge in [-0.3, -0.25) is 0 Å². The Kier molecular flexibility index (Phi) is 12.1. The van der Waals surface area contributed by atoms with Gasteiger partial charge < -0.3 is 5.11 Å². The Morgan fingerprint density at radius 2 is 1.58 bits per heavy atom. The Labute approximate surface area is 149 Å². The molecule has 1 rings (SSSR count). The summed E-state index contributed by atoms with van der Waals surface area (Å²) in [4.78, 5) is 0. The molecule has 0 aliphatic heterocycles. The van der Waals surface area contributed by atoms with Crippen LogP contribution >= 0.6 is 0 Å². The monoisotopic (exact) mass is 328 g/mol. The molecule has 1 aromatic rings. The van der Waals surface area contributed by atoms with Gasteiger partial charge in [-0.15, -0.1) is 0 Å². The third-order valence-electron chi connectivity index (χ3n) is 4.46. The number of benzene rings is 1. The predicted molar refractivity (Wildman–Crippen MR) is 106 cm³/mol. The Bertz CT molecular complexity index is 458. The Hall–Kier alpha value is -1.34. The van der Waals surface area contributed by atoms with E-state index in [1.807, 2.05) is 30.3 Å². The number of allylic oxidation sites excluding steroid dienone is 3. The van der Waals surface area contributed by atoms with Crippen molar-refractivity contribution in [1.29, 1.82) is 0 Å². The third-order valence-corrected chi connectivity index (χ3v) is 4.46. The molecule has 134 valence electrons. The first-order valence-electron chi connectivity index (χ1n) is 9.88. The third kappa shape index (κ3) is 9.08. The van der Waals surface area contributed by atoms with Crippen LogP contribution in [-0.2, 0) is 0 Å². The average Bonchev–Trinajstić information content (AvgIpc) is 2.63. The summed E-state index contributed by atoms with van der Waals surface area (Å²) in [6.07, 6.45) is 18.3. The van der Waals surface area contributed by atoms with Crippen molar-refractivity contribution in [3.63, 3.8) is 0 Å². The molecular weight excluding hydrogens is 292 g/mol. The molecule has 1 N–H and O–H groups in total. The van der Waals surface area contributed by atoms with Crippen LogP contribution < -0.4 is 0 Å². The molecule has 0 bridgehead atoms. The molecule has 0 aromatic heterocycles. The maximum absolute atomic E-state index is 10.7. The Morgan fingerprint density at radius 1 is 0.917 bits per heavy atom. The van der Waals surface area contributed by atoms with Gasteiger partial charge in [-0.2, -0.15) is 0 Å². The van der Waals surface area contributed by atoms with E-state index in [1.54, 1.807) is 0 Å². The molecule has 0 saturated carbocycles. The zero-order valence-corrected chi connectivity index (χ0v) is 15.7. The van der Waals surface area contributed by atoms with Crippen LogP contribution in [0.1, 0.15) is 89.7 Å². The quantitative estimate of drug-likeness (QED) is 0.301. The Balaban J connectivity index is 2.59. The molecule has 1 aromatic carbocycles. The minimum absolute atomic E-state index is 0.474. The summed E-state index contributed by atoms with van der Waals surface area (Å²) in [7, 11) is 0. The molecule has 0 spiro atoms. The van der Waals surface area contributed by atoms with Crippen LogP contribution in [0.4, 0.5) is 0 Å². The summed E-state index contributed by atoms with van der Waals surface area (Å²) in [6.45, 7) is 4.48. The number of hydrogen-bond donors (Lipinski definition) is 1. The number of aliphatic hydroxyl groups is 1. The molecule has 0 aliphatic carbocycles. The van der Waals surface area contributed by atoms with Gasteiger partial charge in [0.25, 0.3) is 0 Å². The fourth-order valence-electron chi connectivity index (χ4n) is 2.89. The van der Waals surface area contributed by atoms with Gasteiger partial charge in [0, 0.05) is 0 Å². The van der Waals surface area contributed by atoms with E-state index >= 15 is 0 Å². The highest BCUT2D eigenvalue weighted by atomic mass is 16.3.